The van der Waals surface area contributed by atoms with Gasteiger partial charge in [-0.3, -0.25) is 9.59 Å². The molecule has 12 heteroatoms. The van der Waals surface area contributed by atoms with Crippen molar-refractivity contribution in [1.82, 2.24) is 0 Å². The third-order valence-electron chi connectivity index (χ3n) is 9.79. The number of fused-ring (bicyclic) bond motifs is 2. The molecular formula is C46H30N6O2S4. The highest BCUT2D eigenvalue weighted by molar-refractivity contribution is 7.17. The molecule has 2 aliphatic rings. The summed E-state index contributed by atoms with van der Waals surface area (Å²) in [5.74, 6) is -0.398. The summed E-state index contributed by atoms with van der Waals surface area (Å²) in [6, 6.07) is 35.0. The van der Waals surface area contributed by atoms with Crippen LogP contribution in [-0.4, -0.2) is 23.9 Å². The summed E-state index contributed by atoms with van der Waals surface area (Å²) >= 11 is 6.00. The van der Waals surface area contributed by atoms with Gasteiger partial charge in [0.2, 0.25) is 0 Å². The van der Waals surface area contributed by atoms with Gasteiger partial charge >= 0.3 is 0 Å². The molecule has 0 saturated heterocycles. The molecule has 2 amide bonds. The highest BCUT2D eigenvalue weighted by atomic mass is 32.1. The predicted octanol–water partition coefficient (Wildman–Crippen LogP) is 7.74. The van der Waals surface area contributed by atoms with Crippen molar-refractivity contribution in [3.8, 4) is 45.2 Å². The Labute approximate surface area is 350 Å². The van der Waals surface area contributed by atoms with Crippen LogP contribution in [0.4, 0.5) is 11.4 Å². The molecule has 0 fully saturated rings. The summed E-state index contributed by atoms with van der Waals surface area (Å²) in [6.07, 6.45) is 4.06. The third-order valence-corrected chi connectivity index (χ3v) is 14.0. The maximum atomic E-state index is 14.5. The first kappa shape index (κ1) is 38.2. The second-order valence-corrected chi connectivity index (χ2v) is 18.5. The van der Waals surface area contributed by atoms with Gasteiger partial charge in [-0.1, -0.05) is 24.3 Å². The van der Waals surface area contributed by atoms with E-state index >= 15 is 0 Å². The largest absolute Gasteiger partial charge is 0.305 e. The molecule has 6 heterocycles. The smallest absolute Gasteiger partial charge is 0.260 e. The van der Waals surface area contributed by atoms with Gasteiger partial charge in [-0.15, -0.1) is 45.3 Å². The van der Waals surface area contributed by atoms with Gasteiger partial charge < -0.3 is 9.80 Å². The van der Waals surface area contributed by atoms with Crippen LogP contribution >= 0.6 is 45.3 Å². The lowest BCUT2D eigenvalue weighted by atomic mass is 9.95. The number of benzene rings is 2. The number of carbonyl (C=O) groups is 2. The molecule has 4 aromatic heterocycles. The van der Waals surface area contributed by atoms with Crippen molar-refractivity contribution in [2.75, 3.05) is 9.80 Å². The van der Waals surface area contributed by atoms with E-state index in [0.717, 1.165) is 62.2 Å². The Kier molecular flexibility index (Phi) is 10.1. The Morgan fingerprint density at radius 3 is 1.29 bits per heavy atom. The molecule has 6 aromatic rings. The number of rotatable bonds is 6. The lowest BCUT2D eigenvalue weighted by molar-refractivity contribution is -0.115. The van der Waals surface area contributed by atoms with Gasteiger partial charge in [0.25, 0.3) is 11.8 Å². The van der Waals surface area contributed by atoms with Crippen LogP contribution in [0.2, 0.25) is 0 Å². The van der Waals surface area contributed by atoms with E-state index in [-0.39, 0.29) is 35.0 Å². The molecule has 0 aliphatic carbocycles. The number of hydrogen-bond donors (Lipinski definition) is 0. The van der Waals surface area contributed by atoms with Crippen LogP contribution in [0, 0.1) is 45.3 Å². The summed E-state index contributed by atoms with van der Waals surface area (Å²) < 4.78 is 3.15. The molecule has 0 spiro atoms. The van der Waals surface area contributed by atoms with Crippen molar-refractivity contribution in [1.29, 1.82) is 21.0 Å². The Hall–Kier alpha value is -6.64. The summed E-state index contributed by atoms with van der Waals surface area (Å²) in [4.78, 5) is 36.6. The van der Waals surface area contributed by atoms with Crippen molar-refractivity contribution < 1.29 is 9.59 Å². The standard InChI is InChI=1S/C46H30N6O2S4/c1-25(2)51-37-17-27(39-13-7-31(55-39)19-33-9-15-41(57-33)29(21-47)22-48)5-11-35(37)43(45(51)53)44-36-12-6-28(18-38(36)52(26(3)4)46(44)54)40-14-8-32(56-40)20-34-10-16-42(58-34)30(23-49)24-50/h5-20,25-26H,1-4H3/b33-19+,34-20+,44-43+. The van der Waals surface area contributed by atoms with E-state index < -0.39 is 0 Å². The van der Waals surface area contributed by atoms with E-state index in [4.69, 9.17) is 0 Å². The highest BCUT2D eigenvalue weighted by Crippen LogP contribution is 2.50. The molecule has 280 valence electrons. The van der Waals surface area contributed by atoms with Crippen LogP contribution < -0.4 is 27.9 Å². The number of hydrogen-bond acceptors (Lipinski definition) is 10. The van der Waals surface area contributed by atoms with Crippen molar-refractivity contribution >= 4 is 103 Å². The fourth-order valence-corrected chi connectivity index (χ4v) is 11.1. The van der Waals surface area contributed by atoms with Crippen molar-refractivity contribution in [2.45, 2.75) is 39.8 Å². The fraction of sp³-hybridized carbons (Fsp3) is 0.130. The van der Waals surface area contributed by atoms with E-state index in [0.29, 0.717) is 20.2 Å². The average molecular weight is 827 g/mol. The molecule has 2 aliphatic heterocycles. The van der Waals surface area contributed by atoms with E-state index in [1.54, 1.807) is 44.6 Å². The number of amides is 2. The molecule has 0 unspecified atom stereocenters. The Morgan fingerprint density at radius 2 is 0.931 bits per heavy atom. The Balaban J connectivity index is 1.17. The first-order valence-electron chi connectivity index (χ1n) is 18.2. The molecule has 58 heavy (non-hydrogen) atoms. The number of nitrogens with zero attached hydrogens (tertiary/aromatic N) is 6. The van der Waals surface area contributed by atoms with E-state index in [2.05, 4.69) is 0 Å². The zero-order chi connectivity index (χ0) is 40.8. The second-order valence-electron chi connectivity index (χ2n) is 14.0. The maximum absolute atomic E-state index is 14.5. The minimum atomic E-state index is -0.199. The summed E-state index contributed by atoms with van der Waals surface area (Å²) in [7, 11) is 0. The zero-order valence-electron chi connectivity index (χ0n) is 31.5. The second kappa shape index (κ2) is 15.4. The van der Waals surface area contributed by atoms with Crippen molar-refractivity contribution in [3.63, 3.8) is 0 Å². The summed E-state index contributed by atoms with van der Waals surface area (Å²) in [5, 5.41) is 37.0. The van der Waals surface area contributed by atoms with Crippen LogP contribution in [0.15, 0.2) is 84.9 Å². The predicted molar refractivity (Wildman–Crippen MR) is 235 cm³/mol. The minimum absolute atomic E-state index is 0.0974. The first-order valence-corrected chi connectivity index (χ1v) is 21.4. The zero-order valence-corrected chi connectivity index (χ0v) is 34.8. The van der Waals surface area contributed by atoms with Gasteiger partial charge in [0.15, 0.2) is 0 Å². The topological polar surface area (TPSA) is 136 Å². The van der Waals surface area contributed by atoms with Crippen LogP contribution in [0.3, 0.4) is 0 Å². The number of carbonyl (C=O) groups excluding carboxylic acids is 2. The number of anilines is 2. The SMILES string of the molecule is CC(C)N1C(=O)/C(=C2/C(=O)N(C(C)C)c3cc(-c4ccc(/C=c5\ccc(=C(C#N)C#N)s5)s4)ccc32)c2ccc(-c3ccc(/C=c4\ccc(=C(C#N)C#N)s4)s3)cc21. The average Bonchev–Trinajstić information content (AvgIpc) is 4.07. The van der Waals surface area contributed by atoms with Crippen LogP contribution in [0.1, 0.15) is 48.6 Å². The van der Waals surface area contributed by atoms with Crippen LogP contribution in [0.5, 0.6) is 0 Å². The van der Waals surface area contributed by atoms with E-state index in [1.165, 1.54) is 22.7 Å². The first-order chi connectivity index (χ1) is 28.0. The van der Waals surface area contributed by atoms with E-state index in [9.17, 15) is 30.6 Å². The van der Waals surface area contributed by atoms with E-state index in [1.807, 2.05) is 137 Å². The van der Waals surface area contributed by atoms with Crippen LogP contribution in [-0.2, 0) is 9.59 Å². The molecule has 0 atom stereocenters. The van der Waals surface area contributed by atoms with Gasteiger partial charge in [0.05, 0.1) is 31.6 Å². The monoisotopic (exact) mass is 826 g/mol. The Bertz CT molecular complexity index is 2950. The molecule has 0 bridgehead atoms. The summed E-state index contributed by atoms with van der Waals surface area (Å²) in [6.45, 7) is 7.91. The molecule has 8 rings (SSSR count). The highest BCUT2D eigenvalue weighted by Gasteiger charge is 2.43. The van der Waals surface area contributed by atoms with Gasteiger partial charge in [0.1, 0.15) is 35.4 Å². The molecule has 0 radical (unpaired) electrons. The number of nitriles is 4. The number of thiophene rings is 4. The van der Waals surface area contributed by atoms with Crippen molar-refractivity contribution in [3.05, 3.63) is 124 Å². The lowest BCUT2D eigenvalue weighted by Gasteiger charge is -2.22. The van der Waals surface area contributed by atoms with Gasteiger partial charge in [-0.25, -0.2) is 0 Å². The third kappa shape index (κ3) is 6.69. The lowest BCUT2D eigenvalue weighted by Crippen LogP contribution is -2.35. The molecule has 0 N–H and O–H groups in total. The molecule has 0 saturated carbocycles. The Morgan fingerprint density at radius 1 is 0.534 bits per heavy atom. The van der Waals surface area contributed by atoms with Crippen LogP contribution in [0.25, 0.3) is 55.3 Å². The fourth-order valence-electron chi connectivity index (χ4n) is 7.24. The molecule has 2 aromatic carbocycles. The van der Waals surface area contributed by atoms with Gasteiger partial charge in [-0.2, -0.15) is 21.0 Å². The van der Waals surface area contributed by atoms with Crippen molar-refractivity contribution in [2.24, 2.45) is 0 Å². The van der Waals surface area contributed by atoms with Gasteiger partial charge in [-0.05, 0) is 112 Å². The minimum Gasteiger partial charge on any atom is -0.305 e. The quantitative estimate of drug-likeness (QED) is 0.158. The normalized spacial score (nSPS) is 15.1. The maximum Gasteiger partial charge on any atom is 0.260 e. The summed E-state index contributed by atoms with van der Waals surface area (Å²) in [5.41, 5.74) is 5.91. The molecule has 8 nitrogen and oxygen atoms in total. The van der Waals surface area contributed by atoms with Gasteiger partial charge in [0, 0.05) is 51.8 Å². The molecular weight excluding hydrogens is 797 g/mol.